The Balaban J connectivity index is 2.40. The first-order chi connectivity index (χ1) is 9.58. The predicted octanol–water partition coefficient (Wildman–Crippen LogP) is 0.904. The lowest BCUT2D eigenvalue weighted by molar-refractivity contribution is 0.0960. The van der Waals surface area contributed by atoms with Gasteiger partial charge in [0.2, 0.25) is 0 Å². The Kier molecular flexibility index (Phi) is 7.02. The molecule has 0 bridgehead atoms. The lowest BCUT2D eigenvalue weighted by Crippen LogP contribution is -2.42. The van der Waals surface area contributed by atoms with Crippen molar-refractivity contribution in [3.8, 4) is 11.8 Å². The summed E-state index contributed by atoms with van der Waals surface area (Å²) in [6, 6.07) is 8.90. The summed E-state index contributed by atoms with van der Waals surface area (Å²) >= 11 is 0. The number of para-hydroxylation sites is 1. The standard InChI is InChI=1S/C15H22N2O3/c1-11(2)14(9-18)17-8-13(19)10-20-15-6-4-3-5-12(15)7-16/h3-6,11,13-14,17-19H,8-10H2,1-2H3. The van der Waals surface area contributed by atoms with E-state index in [1.165, 1.54) is 0 Å². The molecule has 3 N–H and O–H groups in total. The van der Waals surface area contributed by atoms with Crippen molar-refractivity contribution in [1.29, 1.82) is 5.26 Å². The number of hydrogen-bond acceptors (Lipinski definition) is 5. The number of nitrogens with one attached hydrogen (secondary N) is 1. The number of ether oxygens (including phenoxy) is 1. The van der Waals surface area contributed by atoms with E-state index >= 15 is 0 Å². The minimum absolute atomic E-state index is 0.0303. The molecule has 1 aromatic carbocycles. The van der Waals surface area contributed by atoms with Crippen LogP contribution in [0.2, 0.25) is 0 Å². The molecule has 0 aliphatic rings. The van der Waals surface area contributed by atoms with Gasteiger partial charge in [-0.2, -0.15) is 5.26 Å². The summed E-state index contributed by atoms with van der Waals surface area (Å²) < 4.78 is 5.44. The molecule has 0 saturated carbocycles. The van der Waals surface area contributed by atoms with E-state index in [1.807, 2.05) is 19.9 Å². The Morgan fingerprint density at radius 3 is 2.65 bits per heavy atom. The van der Waals surface area contributed by atoms with Gasteiger partial charge in [-0.15, -0.1) is 0 Å². The Morgan fingerprint density at radius 2 is 2.05 bits per heavy atom. The molecule has 0 saturated heterocycles. The fourth-order valence-electron chi connectivity index (χ4n) is 1.73. The van der Waals surface area contributed by atoms with Gasteiger partial charge in [-0.1, -0.05) is 26.0 Å². The highest BCUT2D eigenvalue weighted by molar-refractivity contribution is 5.42. The number of rotatable bonds is 8. The van der Waals surface area contributed by atoms with E-state index < -0.39 is 6.10 Å². The predicted molar refractivity (Wildman–Crippen MR) is 76.4 cm³/mol. The zero-order chi connectivity index (χ0) is 15.0. The molecule has 2 unspecified atom stereocenters. The molecule has 0 aliphatic carbocycles. The molecular weight excluding hydrogens is 256 g/mol. The second kappa shape index (κ2) is 8.54. The molecule has 0 aromatic heterocycles. The maximum atomic E-state index is 9.85. The minimum atomic E-state index is -0.699. The SMILES string of the molecule is CC(C)C(CO)NCC(O)COc1ccccc1C#N. The van der Waals surface area contributed by atoms with E-state index in [0.717, 1.165) is 0 Å². The van der Waals surface area contributed by atoms with Crippen LogP contribution in [0.25, 0.3) is 0 Å². The van der Waals surface area contributed by atoms with Crippen LogP contribution in [-0.4, -0.2) is 42.1 Å². The monoisotopic (exact) mass is 278 g/mol. The van der Waals surface area contributed by atoms with Gasteiger partial charge in [0, 0.05) is 12.6 Å². The fourth-order valence-corrected chi connectivity index (χ4v) is 1.73. The van der Waals surface area contributed by atoms with Gasteiger partial charge in [-0.25, -0.2) is 0 Å². The molecule has 0 aliphatic heterocycles. The van der Waals surface area contributed by atoms with Crippen LogP contribution in [0, 0.1) is 17.2 Å². The molecule has 1 aromatic rings. The van der Waals surface area contributed by atoms with Gasteiger partial charge in [-0.3, -0.25) is 0 Å². The quantitative estimate of drug-likeness (QED) is 0.658. The highest BCUT2D eigenvalue weighted by Crippen LogP contribution is 2.16. The largest absolute Gasteiger partial charge is 0.489 e. The highest BCUT2D eigenvalue weighted by Gasteiger charge is 2.14. The molecule has 5 heteroatoms. The first kappa shape index (κ1) is 16.4. The van der Waals surface area contributed by atoms with Gasteiger partial charge in [-0.05, 0) is 18.1 Å². The van der Waals surface area contributed by atoms with Gasteiger partial charge in [0.1, 0.15) is 24.5 Å². The summed E-state index contributed by atoms with van der Waals surface area (Å²) in [6.07, 6.45) is -0.699. The van der Waals surface area contributed by atoms with Crippen molar-refractivity contribution in [2.24, 2.45) is 5.92 Å². The van der Waals surface area contributed by atoms with Crippen LogP contribution in [0.3, 0.4) is 0 Å². The van der Waals surface area contributed by atoms with Crippen LogP contribution < -0.4 is 10.1 Å². The first-order valence-electron chi connectivity index (χ1n) is 6.72. The second-order valence-corrected chi connectivity index (χ2v) is 5.01. The number of nitrogens with zero attached hydrogens (tertiary/aromatic N) is 1. The molecule has 5 nitrogen and oxygen atoms in total. The zero-order valence-corrected chi connectivity index (χ0v) is 11.9. The van der Waals surface area contributed by atoms with Crippen molar-refractivity contribution in [2.75, 3.05) is 19.8 Å². The van der Waals surface area contributed by atoms with Crippen LogP contribution in [0.5, 0.6) is 5.75 Å². The topological polar surface area (TPSA) is 85.5 Å². The summed E-state index contributed by atoms with van der Waals surface area (Å²) in [6.45, 7) is 4.46. The Labute approximate surface area is 119 Å². The van der Waals surface area contributed by atoms with Crippen LogP contribution in [0.4, 0.5) is 0 Å². The third-order valence-electron chi connectivity index (χ3n) is 3.06. The second-order valence-electron chi connectivity index (χ2n) is 5.01. The summed E-state index contributed by atoms with van der Waals surface area (Å²) in [5.74, 6) is 0.754. The zero-order valence-electron chi connectivity index (χ0n) is 11.9. The van der Waals surface area contributed by atoms with Crippen LogP contribution in [0.1, 0.15) is 19.4 Å². The van der Waals surface area contributed by atoms with E-state index in [1.54, 1.807) is 24.3 Å². The number of aliphatic hydroxyl groups excluding tert-OH is 2. The van der Waals surface area contributed by atoms with E-state index in [2.05, 4.69) is 5.32 Å². The van der Waals surface area contributed by atoms with E-state index in [0.29, 0.717) is 17.9 Å². The normalized spacial score (nSPS) is 13.8. The van der Waals surface area contributed by atoms with Crippen molar-refractivity contribution in [3.63, 3.8) is 0 Å². The molecule has 0 spiro atoms. The molecule has 0 amide bonds. The van der Waals surface area contributed by atoms with Crippen LogP contribution in [-0.2, 0) is 0 Å². The van der Waals surface area contributed by atoms with Gasteiger partial charge >= 0.3 is 0 Å². The third kappa shape index (κ3) is 5.17. The Hall–Kier alpha value is -1.61. The molecule has 110 valence electrons. The van der Waals surface area contributed by atoms with Crippen molar-refractivity contribution in [3.05, 3.63) is 29.8 Å². The Bertz CT molecular complexity index is 443. The number of hydrogen-bond donors (Lipinski definition) is 3. The van der Waals surface area contributed by atoms with Gasteiger partial charge in [0.15, 0.2) is 0 Å². The lowest BCUT2D eigenvalue weighted by Gasteiger charge is -2.22. The smallest absolute Gasteiger partial charge is 0.137 e. The van der Waals surface area contributed by atoms with Gasteiger partial charge in [0.05, 0.1) is 12.2 Å². The molecule has 0 heterocycles. The molecule has 0 radical (unpaired) electrons. The maximum absolute atomic E-state index is 9.85. The number of benzene rings is 1. The van der Waals surface area contributed by atoms with Crippen LogP contribution >= 0.6 is 0 Å². The van der Waals surface area contributed by atoms with Gasteiger partial charge in [0.25, 0.3) is 0 Å². The van der Waals surface area contributed by atoms with Crippen molar-refractivity contribution in [1.82, 2.24) is 5.32 Å². The van der Waals surface area contributed by atoms with E-state index in [4.69, 9.17) is 10.00 Å². The minimum Gasteiger partial charge on any atom is -0.489 e. The molecular formula is C15H22N2O3. The maximum Gasteiger partial charge on any atom is 0.137 e. The summed E-state index contributed by atoms with van der Waals surface area (Å²) in [4.78, 5) is 0. The molecule has 0 fully saturated rings. The molecule has 2 atom stereocenters. The number of aliphatic hydroxyl groups is 2. The van der Waals surface area contributed by atoms with Crippen LogP contribution in [0.15, 0.2) is 24.3 Å². The fraction of sp³-hybridized carbons (Fsp3) is 0.533. The van der Waals surface area contributed by atoms with E-state index in [-0.39, 0.29) is 25.2 Å². The molecule has 20 heavy (non-hydrogen) atoms. The molecule has 1 rings (SSSR count). The average Bonchev–Trinajstić information content (AvgIpc) is 2.45. The van der Waals surface area contributed by atoms with Crippen molar-refractivity contribution in [2.45, 2.75) is 26.0 Å². The lowest BCUT2D eigenvalue weighted by atomic mass is 10.1. The first-order valence-corrected chi connectivity index (χ1v) is 6.72. The average molecular weight is 278 g/mol. The third-order valence-corrected chi connectivity index (χ3v) is 3.06. The number of nitriles is 1. The van der Waals surface area contributed by atoms with Crippen molar-refractivity contribution < 1.29 is 14.9 Å². The van der Waals surface area contributed by atoms with Gasteiger partial charge < -0.3 is 20.3 Å². The van der Waals surface area contributed by atoms with Crippen molar-refractivity contribution >= 4 is 0 Å². The summed E-state index contributed by atoms with van der Waals surface area (Å²) in [5.41, 5.74) is 0.447. The van der Waals surface area contributed by atoms with E-state index in [9.17, 15) is 10.2 Å². The summed E-state index contributed by atoms with van der Waals surface area (Å²) in [7, 11) is 0. The highest BCUT2D eigenvalue weighted by atomic mass is 16.5. The summed E-state index contributed by atoms with van der Waals surface area (Å²) in [5, 5.41) is 31.0. The Morgan fingerprint density at radius 1 is 1.35 bits per heavy atom.